The first-order chi connectivity index (χ1) is 6.25. The lowest BCUT2D eigenvalue weighted by Gasteiger charge is -2.12. The molecule has 0 fully saturated rings. The third-order valence-corrected chi connectivity index (χ3v) is 1.90. The predicted molar refractivity (Wildman–Crippen MR) is 56.2 cm³/mol. The van der Waals surface area contributed by atoms with Gasteiger partial charge >= 0.3 is 0 Å². The molecular formula is C12H16O. The molecule has 0 saturated carbocycles. The van der Waals surface area contributed by atoms with Gasteiger partial charge in [0.25, 0.3) is 0 Å². The van der Waals surface area contributed by atoms with Crippen LogP contribution < -0.4 is 4.74 Å². The van der Waals surface area contributed by atoms with E-state index in [1.807, 2.05) is 18.2 Å². The summed E-state index contributed by atoms with van der Waals surface area (Å²) in [6.07, 6.45) is 1.76. The van der Waals surface area contributed by atoms with E-state index in [4.69, 9.17) is 4.74 Å². The highest BCUT2D eigenvalue weighted by Crippen LogP contribution is 2.25. The Kier molecular flexibility index (Phi) is 3.56. The summed E-state index contributed by atoms with van der Waals surface area (Å²) in [5.74, 6) is 1.47. The highest BCUT2D eigenvalue weighted by Gasteiger charge is 2.05. The van der Waals surface area contributed by atoms with E-state index in [-0.39, 0.29) is 0 Å². The molecule has 0 N–H and O–H groups in total. The number of ether oxygens (including phenoxy) is 1. The maximum absolute atomic E-state index is 5.53. The lowest BCUT2D eigenvalue weighted by molar-refractivity contribution is 0.357. The van der Waals surface area contributed by atoms with Crippen LogP contribution in [0.4, 0.5) is 0 Å². The summed E-state index contributed by atoms with van der Waals surface area (Å²) in [6, 6.07) is 8.13. The molecule has 0 aliphatic heterocycles. The van der Waals surface area contributed by atoms with E-state index >= 15 is 0 Å². The van der Waals surface area contributed by atoms with Crippen LogP contribution in [0.25, 0.3) is 0 Å². The van der Waals surface area contributed by atoms with Gasteiger partial charge in [0.2, 0.25) is 0 Å². The van der Waals surface area contributed by atoms with E-state index in [1.54, 1.807) is 6.08 Å². The Balaban J connectivity index is 2.84. The monoisotopic (exact) mass is 176 g/mol. The molecule has 0 amide bonds. The summed E-state index contributed by atoms with van der Waals surface area (Å²) in [6.45, 7) is 8.52. The average Bonchev–Trinajstić information content (AvgIpc) is 2.15. The molecule has 0 heterocycles. The van der Waals surface area contributed by atoms with Crippen LogP contribution in [0.2, 0.25) is 0 Å². The maximum atomic E-state index is 5.53. The van der Waals surface area contributed by atoms with Gasteiger partial charge in [-0.1, -0.05) is 44.7 Å². The Labute approximate surface area is 80.0 Å². The fourth-order valence-corrected chi connectivity index (χ4v) is 1.24. The first kappa shape index (κ1) is 9.85. The largest absolute Gasteiger partial charge is 0.489 e. The molecule has 1 heteroatoms. The van der Waals surface area contributed by atoms with E-state index in [2.05, 4.69) is 26.5 Å². The van der Waals surface area contributed by atoms with Crippen LogP contribution in [0, 0.1) is 0 Å². The third-order valence-electron chi connectivity index (χ3n) is 1.90. The predicted octanol–water partition coefficient (Wildman–Crippen LogP) is 3.37. The molecule has 0 aromatic heterocycles. The summed E-state index contributed by atoms with van der Waals surface area (Å²) in [4.78, 5) is 0. The second-order valence-electron chi connectivity index (χ2n) is 3.29. The van der Waals surface area contributed by atoms with Crippen molar-refractivity contribution in [3.8, 4) is 5.75 Å². The fourth-order valence-electron chi connectivity index (χ4n) is 1.24. The van der Waals surface area contributed by atoms with Gasteiger partial charge in [0.05, 0.1) is 0 Å². The number of hydrogen-bond donors (Lipinski definition) is 0. The number of para-hydroxylation sites is 1. The van der Waals surface area contributed by atoms with Gasteiger partial charge in [-0.05, 0) is 17.5 Å². The average molecular weight is 176 g/mol. The van der Waals surface area contributed by atoms with Crippen molar-refractivity contribution in [3.05, 3.63) is 42.5 Å². The minimum atomic E-state index is 0.501. The van der Waals surface area contributed by atoms with Gasteiger partial charge in [0.1, 0.15) is 12.4 Å². The van der Waals surface area contributed by atoms with Crippen LogP contribution in [-0.2, 0) is 0 Å². The first-order valence-corrected chi connectivity index (χ1v) is 4.58. The second kappa shape index (κ2) is 4.70. The molecular weight excluding hydrogens is 160 g/mol. The van der Waals surface area contributed by atoms with E-state index in [0.29, 0.717) is 12.5 Å². The van der Waals surface area contributed by atoms with Crippen molar-refractivity contribution in [1.82, 2.24) is 0 Å². The first-order valence-electron chi connectivity index (χ1n) is 4.58. The highest BCUT2D eigenvalue weighted by molar-refractivity contribution is 5.35. The van der Waals surface area contributed by atoms with Crippen molar-refractivity contribution >= 4 is 0 Å². The van der Waals surface area contributed by atoms with Crippen molar-refractivity contribution in [1.29, 1.82) is 0 Å². The molecule has 0 unspecified atom stereocenters. The molecule has 1 aromatic rings. The van der Waals surface area contributed by atoms with Gasteiger partial charge in [-0.25, -0.2) is 0 Å². The van der Waals surface area contributed by atoms with Crippen molar-refractivity contribution in [2.24, 2.45) is 0 Å². The molecule has 0 aliphatic rings. The fraction of sp³-hybridized carbons (Fsp3) is 0.333. The lowest BCUT2D eigenvalue weighted by Crippen LogP contribution is -1.98. The van der Waals surface area contributed by atoms with Crippen LogP contribution in [0.5, 0.6) is 5.75 Å². The Hall–Kier alpha value is -1.24. The second-order valence-corrected chi connectivity index (χ2v) is 3.29. The van der Waals surface area contributed by atoms with Crippen LogP contribution in [0.1, 0.15) is 25.3 Å². The maximum Gasteiger partial charge on any atom is 0.123 e. The highest BCUT2D eigenvalue weighted by atomic mass is 16.5. The van der Waals surface area contributed by atoms with Gasteiger partial charge in [0, 0.05) is 0 Å². The third kappa shape index (κ3) is 2.62. The summed E-state index contributed by atoms with van der Waals surface area (Å²) < 4.78 is 5.53. The molecule has 13 heavy (non-hydrogen) atoms. The van der Waals surface area contributed by atoms with Crippen molar-refractivity contribution in [2.45, 2.75) is 19.8 Å². The lowest BCUT2D eigenvalue weighted by atomic mass is 10.0. The molecule has 70 valence electrons. The summed E-state index contributed by atoms with van der Waals surface area (Å²) in [5, 5.41) is 0. The van der Waals surface area contributed by atoms with Crippen LogP contribution >= 0.6 is 0 Å². The van der Waals surface area contributed by atoms with Gasteiger partial charge in [-0.3, -0.25) is 0 Å². The quantitative estimate of drug-likeness (QED) is 0.639. The molecule has 0 bridgehead atoms. The Bertz CT molecular complexity index is 276. The number of benzene rings is 1. The Morgan fingerprint density at radius 3 is 2.69 bits per heavy atom. The van der Waals surface area contributed by atoms with E-state index < -0.39 is 0 Å². The van der Waals surface area contributed by atoms with Crippen molar-refractivity contribution in [2.75, 3.05) is 6.61 Å². The van der Waals surface area contributed by atoms with Crippen molar-refractivity contribution < 1.29 is 4.74 Å². The van der Waals surface area contributed by atoms with Crippen LogP contribution in [-0.4, -0.2) is 6.61 Å². The molecule has 1 rings (SSSR count). The summed E-state index contributed by atoms with van der Waals surface area (Å²) in [5.41, 5.74) is 1.25. The SMILES string of the molecule is C=CCOc1ccccc1C(C)C. The zero-order valence-corrected chi connectivity index (χ0v) is 8.29. The molecule has 0 atom stereocenters. The zero-order chi connectivity index (χ0) is 9.68. The van der Waals surface area contributed by atoms with Gasteiger partial charge in [-0.15, -0.1) is 0 Å². The molecule has 0 aliphatic carbocycles. The van der Waals surface area contributed by atoms with Crippen molar-refractivity contribution in [3.63, 3.8) is 0 Å². The van der Waals surface area contributed by atoms with E-state index in [9.17, 15) is 0 Å². The minimum absolute atomic E-state index is 0.501. The van der Waals surface area contributed by atoms with Crippen LogP contribution in [0.15, 0.2) is 36.9 Å². The van der Waals surface area contributed by atoms with E-state index in [0.717, 1.165) is 5.75 Å². The normalized spacial score (nSPS) is 10.1. The number of rotatable bonds is 4. The Morgan fingerprint density at radius 1 is 1.38 bits per heavy atom. The van der Waals surface area contributed by atoms with Gasteiger partial charge < -0.3 is 4.74 Å². The molecule has 0 radical (unpaired) electrons. The summed E-state index contributed by atoms with van der Waals surface area (Å²) in [7, 11) is 0. The molecule has 1 nitrogen and oxygen atoms in total. The van der Waals surface area contributed by atoms with Crippen LogP contribution in [0.3, 0.4) is 0 Å². The standard InChI is InChI=1S/C12H16O/c1-4-9-13-12-8-6-5-7-11(12)10(2)3/h4-8,10H,1,9H2,2-3H3. The topological polar surface area (TPSA) is 9.23 Å². The smallest absolute Gasteiger partial charge is 0.123 e. The molecule has 0 saturated heterocycles. The molecule has 0 spiro atoms. The zero-order valence-electron chi connectivity index (χ0n) is 8.29. The minimum Gasteiger partial charge on any atom is -0.489 e. The Morgan fingerprint density at radius 2 is 2.08 bits per heavy atom. The summed E-state index contributed by atoms with van der Waals surface area (Å²) >= 11 is 0. The van der Waals surface area contributed by atoms with Gasteiger partial charge in [0.15, 0.2) is 0 Å². The number of hydrogen-bond acceptors (Lipinski definition) is 1. The molecule has 1 aromatic carbocycles. The van der Waals surface area contributed by atoms with Gasteiger partial charge in [-0.2, -0.15) is 0 Å². The van der Waals surface area contributed by atoms with E-state index in [1.165, 1.54) is 5.56 Å².